The zero-order valence-corrected chi connectivity index (χ0v) is 10.1. The molecule has 16 heavy (non-hydrogen) atoms. The number of nitrogens with one attached hydrogen (secondary N) is 1. The first-order chi connectivity index (χ1) is 7.65. The molecule has 1 aromatic rings. The average molecular weight is 248 g/mol. The highest BCUT2D eigenvalue weighted by Gasteiger charge is 2.07. The van der Waals surface area contributed by atoms with Crippen molar-refractivity contribution in [1.82, 2.24) is 5.32 Å². The van der Waals surface area contributed by atoms with Crippen molar-refractivity contribution in [3.8, 4) is 0 Å². The Morgan fingerprint density at radius 3 is 2.56 bits per heavy atom. The highest BCUT2D eigenvalue weighted by Crippen LogP contribution is 2.21. The van der Waals surface area contributed by atoms with Crippen LogP contribution in [0.2, 0.25) is 5.02 Å². The van der Waals surface area contributed by atoms with E-state index < -0.39 is 11.6 Å². The van der Waals surface area contributed by atoms with Crippen LogP contribution in [0.3, 0.4) is 0 Å². The van der Waals surface area contributed by atoms with E-state index >= 15 is 0 Å². The highest BCUT2D eigenvalue weighted by molar-refractivity contribution is 6.31. The van der Waals surface area contributed by atoms with Gasteiger partial charge in [0.2, 0.25) is 0 Å². The molecule has 0 bridgehead atoms. The van der Waals surface area contributed by atoms with Gasteiger partial charge in [0.05, 0.1) is 0 Å². The maximum Gasteiger partial charge on any atom is 0.160 e. The first kappa shape index (κ1) is 13.4. The largest absolute Gasteiger partial charge is 0.317 e. The van der Waals surface area contributed by atoms with Gasteiger partial charge in [-0.2, -0.15) is 0 Å². The molecule has 0 unspecified atom stereocenters. The molecule has 1 N–H and O–H groups in total. The van der Waals surface area contributed by atoms with Gasteiger partial charge in [-0.15, -0.1) is 0 Å². The Kier molecular flexibility index (Phi) is 5.71. The van der Waals surface area contributed by atoms with Gasteiger partial charge < -0.3 is 5.32 Å². The summed E-state index contributed by atoms with van der Waals surface area (Å²) < 4.78 is 25.7. The maximum absolute atomic E-state index is 12.9. The van der Waals surface area contributed by atoms with E-state index in [9.17, 15) is 8.78 Å². The Morgan fingerprint density at radius 1 is 1.19 bits per heavy atom. The van der Waals surface area contributed by atoms with Crippen molar-refractivity contribution in [1.29, 1.82) is 0 Å². The standard InChI is InChI=1S/C12H16ClF2N/c1-2-16-6-4-3-5-9-7-11(14)12(15)8-10(9)13/h7-8,16H,2-6H2,1H3. The molecule has 0 heterocycles. The lowest BCUT2D eigenvalue weighted by molar-refractivity contribution is 0.506. The van der Waals surface area contributed by atoms with Crippen LogP contribution in [-0.2, 0) is 6.42 Å². The zero-order chi connectivity index (χ0) is 12.0. The van der Waals surface area contributed by atoms with Crippen molar-refractivity contribution >= 4 is 11.6 Å². The van der Waals surface area contributed by atoms with Crippen LogP contribution in [0, 0.1) is 11.6 Å². The summed E-state index contributed by atoms with van der Waals surface area (Å²) in [5, 5.41) is 3.51. The molecule has 0 saturated carbocycles. The first-order valence-electron chi connectivity index (χ1n) is 5.49. The molecule has 0 spiro atoms. The molecule has 1 rings (SSSR count). The van der Waals surface area contributed by atoms with E-state index in [2.05, 4.69) is 5.32 Å². The molecule has 90 valence electrons. The number of unbranched alkanes of at least 4 members (excludes halogenated alkanes) is 1. The third-order valence-corrected chi connectivity index (χ3v) is 2.74. The first-order valence-corrected chi connectivity index (χ1v) is 5.87. The third-order valence-electron chi connectivity index (χ3n) is 2.39. The summed E-state index contributed by atoms with van der Waals surface area (Å²) in [6.45, 7) is 3.94. The van der Waals surface area contributed by atoms with Crippen molar-refractivity contribution in [2.75, 3.05) is 13.1 Å². The Hall–Kier alpha value is -0.670. The molecule has 0 fully saturated rings. The quantitative estimate of drug-likeness (QED) is 0.599. The monoisotopic (exact) mass is 247 g/mol. The second kappa shape index (κ2) is 6.81. The SMILES string of the molecule is CCNCCCCc1cc(F)c(F)cc1Cl. The van der Waals surface area contributed by atoms with Crippen LogP contribution in [-0.4, -0.2) is 13.1 Å². The molecule has 0 aliphatic carbocycles. The molecular weight excluding hydrogens is 232 g/mol. The Labute approximate surface area is 99.8 Å². The lowest BCUT2D eigenvalue weighted by Crippen LogP contribution is -2.13. The summed E-state index contributed by atoms with van der Waals surface area (Å²) in [4.78, 5) is 0. The summed E-state index contributed by atoms with van der Waals surface area (Å²) >= 11 is 5.82. The predicted molar refractivity (Wildman–Crippen MR) is 62.8 cm³/mol. The van der Waals surface area contributed by atoms with Gasteiger partial charge in [-0.3, -0.25) is 0 Å². The number of hydrogen-bond donors (Lipinski definition) is 1. The fraction of sp³-hybridized carbons (Fsp3) is 0.500. The molecule has 0 saturated heterocycles. The Morgan fingerprint density at radius 2 is 1.88 bits per heavy atom. The van der Waals surface area contributed by atoms with Crippen molar-refractivity contribution in [3.05, 3.63) is 34.4 Å². The molecular formula is C12H16ClF2N. The van der Waals surface area contributed by atoms with Crippen molar-refractivity contribution < 1.29 is 8.78 Å². The molecule has 0 radical (unpaired) electrons. The van der Waals surface area contributed by atoms with Gasteiger partial charge in [-0.05, 0) is 50.0 Å². The van der Waals surface area contributed by atoms with Crippen LogP contribution < -0.4 is 5.32 Å². The number of hydrogen-bond acceptors (Lipinski definition) is 1. The van der Waals surface area contributed by atoms with Crippen LogP contribution in [0.15, 0.2) is 12.1 Å². The van der Waals surface area contributed by atoms with Crippen molar-refractivity contribution in [3.63, 3.8) is 0 Å². The number of rotatable bonds is 6. The van der Waals surface area contributed by atoms with E-state index in [4.69, 9.17) is 11.6 Å². The van der Waals surface area contributed by atoms with E-state index in [1.54, 1.807) is 0 Å². The zero-order valence-electron chi connectivity index (χ0n) is 9.32. The second-order valence-corrected chi connectivity index (χ2v) is 4.08. The van der Waals surface area contributed by atoms with Gasteiger partial charge in [0.1, 0.15) is 0 Å². The summed E-state index contributed by atoms with van der Waals surface area (Å²) in [5.74, 6) is -1.72. The van der Waals surface area contributed by atoms with E-state index in [0.29, 0.717) is 17.0 Å². The highest BCUT2D eigenvalue weighted by atomic mass is 35.5. The Balaban J connectivity index is 2.45. The van der Waals surface area contributed by atoms with E-state index in [-0.39, 0.29) is 0 Å². The normalized spacial score (nSPS) is 10.8. The third kappa shape index (κ3) is 4.06. The van der Waals surface area contributed by atoms with E-state index in [0.717, 1.165) is 32.0 Å². The molecule has 0 aliphatic heterocycles. The molecule has 0 atom stereocenters. The van der Waals surface area contributed by atoms with E-state index in [1.165, 1.54) is 6.07 Å². The maximum atomic E-state index is 12.9. The van der Waals surface area contributed by atoms with Gasteiger partial charge >= 0.3 is 0 Å². The van der Waals surface area contributed by atoms with Crippen LogP contribution in [0.25, 0.3) is 0 Å². The second-order valence-electron chi connectivity index (χ2n) is 3.67. The fourth-order valence-corrected chi connectivity index (χ4v) is 1.74. The number of benzene rings is 1. The molecule has 0 aliphatic rings. The van der Waals surface area contributed by atoms with Crippen LogP contribution in [0.1, 0.15) is 25.3 Å². The Bertz CT molecular complexity index is 342. The minimum Gasteiger partial charge on any atom is -0.317 e. The average Bonchev–Trinajstić information content (AvgIpc) is 2.25. The predicted octanol–water partition coefficient (Wildman–Crippen LogP) is 3.55. The molecule has 4 heteroatoms. The lowest BCUT2D eigenvalue weighted by atomic mass is 10.1. The molecule has 1 aromatic carbocycles. The lowest BCUT2D eigenvalue weighted by Gasteiger charge is -2.05. The van der Waals surface area contributed by atoms with Crippen molar-refractivity contribution in [2.24, 2.45) is 0 Å². The van der Waals surface area contributed by atoms with Crippen molar-refractivity contribution in [2.45, 2.75) is 26.2 Å². The molecule has 0 amide bonds. The van der Waals surface area contributed by atoms with Gasteiger partial charge in [0.25, 0.3) is 0 Å². The summed E-state index contributed by atoms with van der Waals surface area (Å²) in [6.07, 6.45) is 2.60. The summed E-state index contributed by atoms with van der Waals surface area (Å²) in [5.41, 5.74) is 0.678. The van der Waals surface area contributed by atoms with Crippen LogP contribution in [0.5, 0.6) is 0 Å². The van der Waals surface area contributed by atoms with Gasteiger partial charge in [-0.1, -0.05) is 18.5 Å². The topological polar surface area (TPSA) is 12.0 Å². The van der Waals surface area contributed by atoms with E-state index in [1.807, 2.05) is 6.92 Å². The summed E-state index contributed by atoms with van der Waals surface area (Å²) in [7, 11) is 0. The smallest absolute Gasteiger partial charge is 0.160 e. The number of halogens is 3. The van der Waals surface area contributed by atoms with Gasteiger partial charge in [-0.25, -0.2) is 8.78 Å². The molecule has 1 nitrogen and oxygen atoms in total. The fourth-order valence-electron chi connectivity index (χ4n) is 1.50. The molecule has 0 aromatic heterocycles. The number of aryl methyl sites for hydroxylation is 1. The minimum atomic E-state index is -0.888. The van der Waals surface area contributed by atoms with Gasteiger partial charge in [0.15, 0.2) is 11.6 Å². The summed E-state index contributed by atoms with van der Waals surface area (Å²) in [6, 6.07) is 2.22. The van der Waals surface area contributed by atoms with Crippen LogP contribution >= 0.6 is 11.6 Å². The minimum absolute atomic E-state index is 0.308. The van der Waals surface area contributed by atoms with Crippen LogP contribution in [0.4, 0.5) is 8.78 Å². The van der Waals surface area contributed by atoms with Gasteiger partial charge in [0, 0.05) is 5.02 Å².